The highest BCUT2D eigenvalue weighted by Gasteiger charge is 2.11. The van der Waals surface area contributed by atoms with Crippen LogP contribution in [0, 0.1) is 0 Å². The van der Waals surface area contributed by atoms with E-state index in [1.54, 1.807) is 0 Å². The minimum Gasteiger partial charge on any atom is -0.385 e. The summed E-state index contributed by atoms with van der Waals surface area (Å²) in [7, 11) is 0. The van der Waals surface area contributed by atoms with Crippen molar-refractivity contribution in [3.8, 4) is 0 Å². The average Bonchev–Trinajstić information content (AvgIpc) is 2.52. The van der Waals surface area contributed by atoms with Crippen LogP contribution in [0.15, 0.2) is 34.5 Å². The Labute approximate surface area is 80.9 Å². The Kier molecular flexibility index (Phi) is 2.02. The van der Waals surface area contributed by atoms with Gasteiger partial charge in [0.1, 0.15) is 5.84 Å². The fraction of sp³-hybridized carbons (Fsp3) is 0.111. The summed E-state index contributed by atoms with van der Waals surface area (Å²) in [6.45, 7) is 0. The molecule has 0 saturated carbocycles. The topological polar surface area (TPSA) is 50.7 Å². The van der Waals surface area contributed by atoms with Crippen LogP contribution >= 0.6 is 11.6 Å². The first-order chi connectivity index (χ1) is 6.25. The van der Waals surface area contributed by atoms with Crippen molar-refractivity contribution in [1.29, 1.82) is 0 Å². The number of hydrogen-bond donors (Lipinski definition) is 1. The van der Waals surface area contributed by atoms with Crippen LogP contribution in [0.1, 0.15) is 12.0 Å². The van der Waals surface area contributed by atoms with Gasteiger partial charge in [0.05, 0.1) is 12.1 Å². The Bertz CT molecular complexity index is 396. The van der Waals surface area contributed by atoms with Crippen LogP contribution in [0.5, 0.6) is 0 Å². The lowest BCUT2D eigenvalue weighted by molar-refractivity contribution is 1.26. The lowest BCUT2D eigenvalue weighted by atomic mass is 10.1. The lowest BCUT2D eigenvalue weighted by Crippen LogP contribution is -2.12. The summed E-state index contributed by atoms with van der Waals surface area (Å²) >= 11 is 5.84. The zero-order valence-corrected chi connectivity index (χ0v) is 7.62. The molecular weight excluding hydrogens is 186 g/mol. The van der Waals surface area contributed by atoms with E-state index in [-0.39, 0.29) is 0 Å². The van der Waals surface area contributed by atoms with E-state index >= 15 is 0 Å². The second kappa shape index (κ2) is 3.18. The molecule has 0 unspecified atom stereocenters. The molecule has 0 radical (unpaired) electrons. The molecule has 3 nitrogen and oxygen atoms in total. The molecule has 0 amide bonds. The maximum absolute atomic E-state index is 5.84. The lowest BCUT2D eigenvalue weighted by Gasteiger charge is -1.99. The van der Waals surface area contributed by atoms with Crippen molar-refractivity contribution in [2.24, 2.45) is 15.9 Å². The van der Waals surface area contributed by atoms with E-state index in [9.17, 15) is 0 Å². The number of nitrogens with two attached hydrogens (primary N) is 1. The van der Waals surface area contributed by atoms with Gasteiger partial charge < -0.3 is 5.73 Å². The predicted molar refractivity (Wildman–Crippen MR) is 54.2 cm³/mol. The van der Waals surface area contributed by atoms with Gasteiger partial charge in [0.2, 0.25) is 0 Å². The molecule has 0 aromatic heterocycles. The number of rotatable bonds is 1. The molecule has 1 aromatic rings. The van der Waals surface area contributed by atoms with Gasteiger partial charge in [-0.2, -0.15) is 5.10 Å². The van der Waals surface area contributed by atoms with Gasteiger partial charge in [-0.1, -0.05) is 23.7 Å². The minimum absolute atomic E-state index is 0.551. The van der Waals surface area contributed by atoms with Crippen molar-refractivity contribution in [2.45, 2.75) is 6.42 Å². The van der Waals surface area contributed by atoms with Gasteiger partial charge in [-0.25, -0.2) is 0 Å². The molecule has 0 spiro atoms. The van der Waals surface area contributed by atoms with E-state index < -0.39 is 0 Å². The Balaban J connectivity index is 2.29. The maximum Gasteiger partial charge on any atom is 0.128 e. The minimum atomic E-state index is 0.551. The fourth-order valence-electron chi connectivity index (χ4n) is 1.19. The molecule has 1 heterocycles. The molecule has 1 aliphatic rings. The number of halogens is 1. The van der Waals surface area contributed by atoms with Crippen LogP contribution in [0.3, 0.4) is 0 Å². The molecule has 13 heavy (non-hydrogen) atoms. The summed E-state index contributed by atoms with van der Waals surface area (Å²) in [5.74, 6) is 0.551. The summed E-state index contributed by atoms with van der Waals surface area (Å²) in [6.07, 6.45) is 0.611. The van der Waals surface area contributed by atoms with E-state index in [1.165, 1.54) is 0 Å². The SMILES string of the molecule is NC1=NN=C(c2cccc(Cl)c2)C1. The van der Waals surface area contributed by atoms with Crippen LogP contribution in [0.2, 0.25) is 5.02 Å². The Morgan fingerprint density at radius 2 is 2.15 bits per heavy atom. The molecule has 0 bridgehead atoms. The summed E-state index contributed by atoms with van der Waals surface area (Å²) < 4.78 is 0. The molecule has 66 valence electrons. The third kappa shape index (κ3) is 1.70. The van der Waals surface area contributed by atoms with Crippen molar-refractivity contribution in [2.75, 3.05) is 0 Å². The highest BCUT2D eigenvalue weighted by atomic mass is 35.5. The van der Waals surface area contributed by atoms with Gasteiger partial charge in [-0.05, 0) is 17.7 Å². The first-order valence-corrected chi connectivity index (χ1v) is 4.28. The fourth-order valence-corrected chi connectivity index (χ4v) is 1.38. The highest BCUT2D eigenvalue weighted by molar-refractivity contribution is 6.31. The standard InChI is InChI=1S/C9H8ClN3/c10-7-3-1-2-6(4-7)8-5-9(11)13-12-8/h1-4H,5H2,(H2,11,13). The molecule has 4 heteroatoms. The molecule has 2 N–H and O–H groups in total. The van der Waals surface area contributed by atoms with Crippen molar-refractivity contribution < 1.29 is 0 Å². The summed E-state index contributed by atoms with van der Waals surface area (Å²) in [5, 5.41) is 8.41. The van der Waals surface area contributed by atoms with Crippen LogP contribution < -0.4 is 5.73 Å². The smallest absolute Gasteiger partial charge is 0.128 e. The van der Waals surface area contributed by atoms with Crippen LogP contribution in [-0.2, 0) is 0 Å². The summed E-state index contributed by atoms with van der Waals surface area (Å²) in [5.41, 5.74) is 7.36. The van der Waals surface area contributed by atoms with E-state index in [4.69, 9.17) is 17.3 Å². The third-order valence-corrected chi connectivity index (χ3v) is 2.04. The van der Waals surface area contributed by atoms with E-state index in [2.05, 4.69) is 10.2 Å². The zero-order chi connectivity index (χ0) is 9.26. The molecule has 2 rings (SSSR count). The van der Waals surface area contributed by atoms with Crippen LogP contribution in [0.25, 0.3) is 0 Å². The molecule has 1 aromatic carbocycles. The van der Waals surface area contributed by atoms with Gasteiger partial charge in [0.25, 0.3) is 0 Å². The third-order valence-electron chi connectivity index (χ3n) is 1.81. The maximum atomic E-state index is 5.84. The summed E-state index contributed by atoms with van der Waals surface area (Å²) in [4.78, 5) is 0. The molecule has 0 saturated heterocycles. The van der Waals surface area contributed by atoms with E-state index in [1.807, 2.05) is 24.3 Å². The van der Waals surface area contributed by atoms with Crippen LogP contribution in [0.4, 0.5) is 0 Å². The largest absolute Gasteiger partial charge is 0.385 e. The van der Waals surface area contributed by atoms with Gasteiger partial charge >= 0.3 is 0 Å². The number of benzene rings is 1. The Morgan fingerprint density at radius 1 is 1.31 bits per heavy atom. The Morgan fingerprint density at radius 3 is 2.77 bits per heavy atom. The average molecular weight is 194 g/mol. The van der Waals surface area contributed by atoms with Gasteiger partial charge in [-0.3, -0.25) is 0 Å². The quantitative estimate of drug-likeness (QED) is 0.727. The first kappa shape index (κ1) is 8.26. The Hall–Kier alpha value is -1.35. The predicted octanol–water partition coefficient (Wildman–Crippen LogP) is 1.80. The molecule has 0 fully saturated rings. The van der Waals surface area contributed by atoms with Gasteiger partial charge in [0.15, 0.2) is 0 Å². The monoisotopic (exact) mass is 193 g/mol. The number of amidine groups is 1. The van der Waals surface area contributed by atoms with Crippen molar-refractivity contribution in [3.63, 3.8) is 0 Å². The normalized spacial score (nSPS) is 15.5. The highest BCUT2D eigenvalue weighted by Crippen LogP contribution is 2.15. The van der Waals surface area contributed by atoms with Crippen molar-refractivity contribution in [3.05, 3.63) is 34.9 Å². The zero-order valence-electron chi connectivity index (χ0n) is 6.87. The van der Waals surface area contributed by atoms with Crippen LogP contribution in [-0.4, -0.2) is 11.5 Å². The number of hydrogen-bond acceptors (Lipinski definition) is 3. The van der Waals surface area contributed by atoms with E-state index in [0.717, 1.165) is 11.3 Å². The molecule has 0 aliphatic carbocycles. The number of nitrogens with zero attached hydrogens (tertiary/aromatic N) is 2. The van der Waals surface area contributed by atoms with Crippen molar-refractivity contribution >= 4 is 23.1 Å². The van der Waals surface area contributed by atoms with Crippen molar-refractivity contribution in [1.82, 2.24) is 0 Å². The van der Waals surface area contributed by atoms with E-state index in [0.29, 0.717) is 17.3 Å². The summed E-state index contributed by atoms with van der Waals surface area (Å²) in [6, 6.07) is 7.51. The van der Waals surface area contributed by atoms with Gasteiger partial charge in [0, 0.05) is 5.02 Å². The second-order valence-electron chi connectivity index (χ2n) is 2.83. The molecule has 0 atom stereocenters. The molecular formula is C9H8ClN3. The first-order valence-electron chi connectivity index (χ1n) is 3.90. The molecule has 1 aliphatic heterocycles. The van der Waals surface area contributed by atoms with Gasteiger partial charge in [-0.15, -0.1) is 5.10 Å². The second-order valence-corrected chi connectivity index (χ2v) is 3.26.